The molecule has 4 nitrogen and oxygen atoms in total. The van der Waals surface area contributed by atoms with Crippen molar-refractivity contribution in [3.05, 3.63) is 23.2 Å². The third kappa shape index (κ3) is 1.41. The van der Waals surface area contributed by atoms with Gasteiger partial charge in [0, 0.05) is 0 Å². The van der Waals surface area contributed by atoms with Crippen molar-refractivity contribution in [1.29, 1.82) is 0 Å². The van der Waals surface area contributed by atoms with Crippen LogP contribution >= 0.6 is 11.6 Å². The molecule has 0 amide bonds. The minimum Gasteiger partial charge on any atom is -0.543 e. The zero-order valence-electron chi connectivity index (χ0n) is 4.74. The maximum Gasteiger partial charge on any atom is 0.147 e. The van der Waals surface area contributed by atoms with Crippen molar-refractivity contribution in [2.45, 2.75) is 0 Å². The summed E-state index contributed by atoms with van der Waals surface area (Å²) < 4.78 is 0. The summed E-state index contributed by atoms with van der Waals surface area (Å²) in [4.78, 5) is 17.0. The van der Waals surface area contributed by atoms with Crippen LogP contribution in [0.4, 0.5) is 0 Å². The largest absolute Gasteiger partial charge is 0.543 e. The number of carboxylic acid groups (broad SMARTS) is 1. The number of halogens is 1. The van der Waals surface area contributed by atoms with E-state index in [1.165, 1.54) is 0 Å². The highest BCUT2D eigenvalue weighted by Crippen LogP contribution is 1.99. The molecule has 0 saturated heterocycles. The van der Waals surface area contributed by atoms with Crippen LogP contribution in [-0.2, 0) is 0 Å². The smallest absolute Gasteiger partial charge is 0.147 e. The Kier molecular flexibility index (Phi) is 1.82. The SMILES string of the molecule is O=C([O-])c1cnc(Cl)cn1. The predicted molar refractivity (Wildman–Crippen MR) is 31.4 cm³/mol. The molecule has 0 bridgehead atoms. The number of carbonyl (C=O) groups excluding carboxylic acids is 1. The molecule has 0 aromatic carbocycles. The van der Waals surface area contributed by atoms with E-state index in [0.717, 1.165) is 12.4 Å². The van der Waals surface area contributed by atoms with Gasteiger partial charge in [0.05, 0.1) is 18.4 Å². The predicted octanol–water partition coefficient (Wildman–Crippen LogP) is -0.507. The number of nitrogens with zero attached hydrogens (tertiary/aromatic N) is 2. The summed E-state index contributed by atoms with van der Waals surface area (Å²) in [6.45, 7) is 0. The van der Waals surface area contributed by atoms with Gasteiger partial charge in [0.1, 0.15) is 10.8 Å². The fourth-order valence-corrected chi connectivity index (χ4v) is 0.515. The van der Waals surface area contributed by atoms with Crippen molar-refractivity contribution in [1.82, 2.24) is 9.97 Å². The molecule has 0 unspecified atom stereocenters. The standard InChI is InChI=1S/C5H3ClN2O2/c6-4-2-7-3(1-8-4)5(9)10/h1-2H,(H,9,10)/p-1. The van der Waals surface area contributed by atoms with E-state index >= 15 is 0 Å². The van der Waals surface area contributed by atoms with Crippen molar-refractivity contribution in [2.75, 3.05) is 0 Å². The van der Waals surface area contributed by atoms with E-state index < -0.39 is 5.97 Å². The van der Waals surface area contributed by atoms with Gasteiger partial charge in [0.15, 0.2) is 0 Å². The third-order valence-electron chi connectivity index (χ3n) is 0.829. The Morgan fingerprint density at radius 2 is 2.20 bits per heavy atom. The molecule has 10 heavy (non-hydrogen) atoms. The Hall–Kier alpha value is -1.16. The van der Waals surface area contributed by atoms with Crippen molar-refractivity contribution < 1.29 is 9.90 Å². The summed E-state index contributed by atoms with van der Waals surface area (Å²) in [5, 5.41) is 10.2. The van der Waals surface area contributed by atoms with Gasteiger partial charge in [0.25, 0.3) is 0 Å². The molecule has 0 aliphatic rings. The van der Waals surface area contributed by atoms with Crippen molar-refractivity contribution in [3.8, 4) is 0 Å². The molecule has 0 aliphatic carbocycles. The lowest BCUT2D eigenvalue weighted by Crippen LogP contribution is -2.23. The van der Waals surface area contributed by atoms with E-state index in [9.17, 15) is 9.90 Å². The Bertz CT molecular complexity index is 246. The molecule has 52 valence electrons. The van der Waals surface area contributed by atoms with Gasteiger partial charge in [-0.1, -0.05) is 11.6 Å². The highest BCUT2D eigenvalue weighted by molar-refractivity contribution is 6.29. The number of rotatable bonds is 1. The Balaban J connectivity index is 3.00. The van der Waals surface area contributed by atoms with Gasteiger partial charge in [-0.15, -0.1) is 0 Å². The van der Waals surface area contributed by atoms with Crippen molar-refractivity contribution >= 4 is 17.6 Å². The average molecular weight is 158 g/mol. The van der Waals surface area contributed by atoms with Crippen molar-refractivity contribution in [2.24, 2.45) is 0 Å². The zero-order chi connectivity index (χ0) is 7.56. The van der Waals surface area contributed by atoms with Crippen LogP contribution in [0.2, 0.25) is 5.15 Å². The van der Waals surface area contributed by atoms with E-state index in [1.54, 1.807) is 0 Å². The molecule has 1 aromatic heterocycles. The average Bonchev–Trinajstić information content (AvgIpc) is 1.88. The van der Waals surface area contributed by atoms with Crippen LogP contribution in [0.3, 0.4) is 0 Å². The van der Waals surface area contributed by atoms with Gasteiger partial charge in [-0.25, -0.2) is 4.98 Å². The van der Waals surface area contributed by atoms with Crippen LogP contribution in [0.5, 0.6) is 0 Å². The fraction of sp³-hybridized carbons (Fsp3) is 0. The molecule has 0 spiro atoms. The second-order valence-corrected chi connectivity index (χ2v) is 1.90. The summed E-state index contributed by atoms with van der Waals surface area (Å²) in [7, 11) is 0. The maximum atomic E-state index is 10.1. The summed E-state index contributed by atoms with van der Waals surface area (Å²) in [5.74, 6) is -1.36. The number of aromatic carboxylic acids is 1. The lowest BCUT2D eigenvalue weighted by Gasteiger charge is -1.97. The molecule has 0 saturated carbocycles. The molecule has 0 atom stereocenters. The van der Waals surface area contributed by atoms with Gasteiger partial charge in [-0.05, 0) is 0 Å². The third-order valence-corrected chi connectivity index (χ3v) is 1.02. The number of hydrogen-bond donors (Lipinski definition) is 0. The van der Waals surface area contributed by atoms with Gasteiger partial charge < -0.3 is 9.90 Å². The van der Waals surface area contributed by atoms with Gasteiger partial charge in [-0.2, -0.15) is 0 Å². The fourth-order valence-electron chi connectivity index (χ4n) is 0.418. The van der Waals surface area contributed by atoms with Crippen LogP contribution in [0, 0.1) is 0 Å². The maximum absolute atomic E-state index is 10.1. The van der Waals surface area contributed by atoms with E-state index in [1.807, 2.05) is 0 Å². The summed E-state index contributed by atoms with van der Waals surface area (Å²) in [6.07, 6.45) is 2.18. The molecule has 5 heteroatoms. The number of carbonyl (C=O) groups is 1. The highest BCUT2D eigenvalue weighted by atomic mass is 35.5. The molecule has 1 aromatic rings. The van der Waals surface area contributed by atoms with Crippen LogP contribution in [0.25, 0.3) is 0 Å². The summed E-state index contributed by atoms with van der Waals surface area (Å²) in [5.41, 5.74) is -0.218. The van der Waals surface area contributed by atoms with E-state index in [-0.39, 0.29) is 10.8 Å². The number of hydrogen-bond acceptors (Lipinski definition) is 4. The summed E-state index contributed by atoms with van der Waals surface area (Å²) >= 11 is 5.33. The lowest BCUT2D eigenvalue weighted by molar-refractivity contribution is -0.255. The molecule has 1 heterocycles. The normalized spacial score (nSPS) is 9.30. The van der Waals surface area contributed by atoms with Crippen LogP contribution in [0.15, 0.2) is 12.4 Å². The molecule has 0 aliphatic heterocycles. The quantitative estimate of drug-likeness (QED) is 0.551. The second-order valence-electron chi connectivity index (χ2n) is 1.51. The monoisotopic (exact) mass is 157 g/mol. The molecular weight excluding hydrogens is 156 g/mol. The first kappa shape index (κ1) is 6.95. The van der Waals surface area contributed by atoms with E-state index in [4.69, 9.17) is 11.6 Å². The molecule has 1 rings (SSSR count). The Labute approximate surface area is 61.5 Å². The molecule has 0 fully saturated rings. The Morgan fingerprint density at radius 1 is 1.50 bits per heavy atom. The van der Waals surface area contributed by atoms with Gasteiger partial charge in [0.2, 0.25) is 0 Å². The molecular formula is C5H2ClN2O2-. The van der Waals surface area contributed by atoms with Crippen LogP contribution < -0.4 is 5.11 Å². The van der Waals surface area contributed by atoms with E-state index in [0.29, 0.717) is 0 Å². The number of carboxylic acids is 1. The minimum atomic E-state index is -1.36. The first-order valence-corrected chi connectivity index (χ1v) is 2.77. The number of aromatic nitrogens is 2. The van der Waals surface area contributed by atoms with E-state index in [2.05, 4.69) is 9.97 Å². The second kappa shape index (κ2) is 2.62. The lowest BCUT2D eigenvalue weighted by atomic mass is 10.5. The van der Waals surface area contributed by atoms with Gasteiger partial charge >= 0.3 is 0 Å². The minimum absolute atomic E-state index is 0.157. The summed E-state index contributed by atoms with van der Waals surface area (Å²) in [6, 6.07) is 0. The molecule has 0 N–H and O–H groups in total. The first-order chi connectivity index (χ1) is 4.70. The van der Waals surface area contributed by atoms with Crippen LogP contribution in [-0.4, -0.2) is 15.9 Å². The first-order valence-electron chi connectivity index (χ1n) is 2.39. The Morgan fingerprint density at radius 3 is 2.60 bits per heavy atom. The topological polar surface area (TPSA) is 65.9 Å². The van der Waals surface area contributed by atoms with Crippen molar-refractivity contribution in [3.63, 3.8) is 0 Å². The van der Waals surface area contributed by atoms with Gasteiger partial charge in [-0.3, -0.25) is 4.98 Å². The highest BCUT2D eigenvalue weighted by Gasteiger charge is 1.93. The van der Waals surface area contributed by atoms with Crippen LogP contribution in [0.1, 0.15) is 10.5 Å². The zero-order valence-corrected chi connectivity index (χ0v) is 5.50. The molecule has 0 radical (unpaired) electrons.